The van der Waals surface area contributed by atoms with E-state index in [-0.39, 0.29) is 16.6 Å². The van der Waals surface area contributed by atoms with Gasteiger partial charge in [-0.05, 0) is 68.3 Å². The van der Waals surface area contributed by atoms with Crippen LogP contribution in [-0.4, -0.2) is 27.0 Å². The molecule has 6 nitrogen and oxygen atoms in total. The van der Waals surface area contributed by atoms with Gasteiger partial charge in [-0.15, -0.1) is 0 Å². The molecule has 8 heteroatoms. The number of urea groups is 1. The number of amides is 2. The van der Waals surface area contributed by atoms with Crippen molar-refractivity contribution in [3.05, 3.63) is 99.3 Å². The van der Waals surface area contributed by atoms with Crippen molar-refractivity contribution in [1.82, 2.24) is 14.5 Å². The minimum absolute atomic E-state index is 0.105. The van der Waals surface area contributed by atoms with Crippen LogP contribution in [0, 0.1) is 12.7 Å². The summed E-state index contributed by atoms with van der Waals surface area (Å²) in [6.07, 6.45) is 0.495. The van der Waals surface area contributed by atoms with Gasteiger partial charge in [-0.3, -0.25) is 9.36 Å². The number of halogens is 2. The summed E-state index contributed by atoms with van der Waals surface area (Å²) < 4.78 is 15.3. The molecule has 3 aromatic carbocycles. The van der Waals surface area contributed by atoms with Crippen molar-refractivity contribution < 1.29 is 9.18 Å². The number of carbonyl (C=O) groups excluding carboxylic acids is 1. The summed E-state index contributed by atoms with van der Waals surface area (Å²) in [5.74, 6) is -0.210. The van der Waals surface area contributed by atoms with Gasteiger partial charge in [0.15, 0.2) is 0 Å². The second-order valence-electron chi connectivity index (χ2n) is 8.24. The first-order valence-corrected chi connectivity index (χ1v) is 11.8. The fourth-order valence-electron chi connectivity index (χ4n) is 4.21. The summed E-state index contributed by atoms with van der Waals surface area (Å²) in [6, 6.07) is 17.8. The number of hydrogen-bond donors (Lipinski definition) is 1. The van der Waals surface area contributed by atoms with Crippen LogP contribution >= 0.6 is 11.6 Å². The van der Waals surface area contributed by atoms with Crippen molar-refractivity contribution in [2.75, 3.05) is 11.9 Å². The number of aromatic nitrogens is 2. The summed E-state index contributed by atoms with van der Waals surface area (Å²) >= 11 is 6.06. The fourth-order valence-corrected chi connectivity index (χ4v) is 4.39. The van der Waals surface area contributed by atoms with Gasteiger partial charge in [0.1, 0.15) is 11.6 Å². The zero-order valence-corrected chi connectivity index (χ0v) is 20.5. The predicted octanol–water partition coefficient (Wildman–Crippen LogP) is 6.49. The SMILES string of the molecule is CCC(c1nc2ccccc2c(=O)n1-c1ccc(F)c(Cl)c1)N(CC)C(=O)Nc1cccc(C)c1. The van der Waals surface area contributed by atoms with Crippen molar-refractivity contribution >= 4 is 34.2 Å². The van der Waals surface area contributed by atoms with Crippen LogP contribution in [0.1, 0.15) is 37.7 Å². The van der Waals surface area contributed by atoms with Crippen LogP contribution in [0.3, 0.4) is 0 Å². The molecule has 4 rings (SSSR count). The van der Waals surface area contributed by atoms with Gasteiger partial charge in [-0.2, -0.15) is 0 Å². The highest BCUT2D eigenvalue weighted by Gasteiger charge is 2.28. The number of carbonyl (C=O) groups is 1. The van der Waals surface area contributed by atoms with E-state index in [0.717, 1.165) is 5.56 Å². The molecule has 180 valence electrons. The van der Waals surface area contributed by atoms with Gasteiger partial charge in [0.25, 0.3) is 5.56 Å². The Morgan fingerprint density at radius 1 is 1.11 bits per heavy atom. The van der Waals surface area contributed by atoms with Crippen LogP contribution in [0.2, 0.25) is 5.02 Å². The maximum Gasteiger partial charge on any atom is 0.322 e. The second-order valence-corrected chi connectivity index (χ2v) is 8.64. The average Bonchev–Trinajstić information content (AvgIpc) is 2.84. The molecule has 1 heterocycles. The Bertz CT molecular complexity index is 1450. The number of anilines is 1. The molecule has 35 heavy (non-hydrogen) atoms. The van der Waals surface area contributed by atoms with Gasteiger partial charge in [0.2, 0.25) is 0 Å². The number of nitrogens with zero attached hydrogens (tertiary/aromatic N) is 3. The van der Waals surface area contributed by atoms with Crippen LogP contribution in [0.4, 0.5) is 14.9 Å². The Hall–Kier alpha value is -3.71. The number of nitrogens with one attached hydrogen (secondary N) is 1. The number of hydrogen-bond acceptors (Lipinski definition) is 3. The molecule has 0 radical (unpaired) electrons. The van der Waals surface area contributed by atoms with Crippen molar-refractivity contribution in [2.45, 2.75) is 33.2 Å². The Kier molecular flexibility index (Phi) is 7.17. The standard InChI is InChI=1S/C27H26ClFN4O2/c1-4-24(32(5-2)27(35)30-18-10-8-9-17(3)15-18)25-31-23-12-7-6-11-20(23)26(34)33(25)19-13-14-22(29)21(28)16-19/h6-16,24H,4-5H2,1-3H3,(H,30,35). The van der Waals surface area contributed by atoms with Gasteiger partial charge in [-0.1, -0.05) is 42.8 Å². The largest absolute Gasteiger partial charge is 0.322 e. The first-order chi connectivity index (χ1) is 16.8. The molecule has 0 spiro atoms. The third-order valence-corrected chi connectivity index (χ3v) is 6.18. The molecule has 1 atom stereocenters. The molecular weight excluding hydrogens is 467 g/mol. The maximum absolute atomic E-state index is 13.9. The third-order valence-electron chi connectivity index (χ3n) is 5.89. The Balaban J connectivity index is 1.87. The fraction of sp³-hybridized carbons (Fsp3) is 0.222. The van der Waals surface area contributed by atoms with E-state index in [0.29, 0.717) is 41.1 Å². The highest BCUT2D eigenvalue weighted by Crippen LogP contribution is 2.28. The highest BCUT2D eigenvalue weighted by molar-refractivity contribution is 6.30. The van der Waals surface area contributed by atoms with E-state index in [1.165, 1.54) is 22.8 Å². The van der Waals surface area contributed by atoms with Gasteiger partial charge in [0.05, 0.1) is 27.7 Å². The monoisotopic (exact) mass is 492 g/mol. The molecule has 2 amide bonds. The normalized spacial score (nSPS) is 11.9. The van der Waals surface area contributed by atoms with E-state index < -0.39 is 11.9 Å². The van der Waals surface area contributed by atoms with Crippen LogP contribution in [-0.2, 0) is 0 Å². The Labute approximate surface area is 208 Å². The summed E-state index contributed by atoms with van der Waals surface area (Å²) in [6.45, 7) is 6.13. The van der Waals surface area contributed by atoms with E-state index in [2.05, 4.69) is 5.32 Å². The number of benzene rings is 3. The number of fused-ring (bicyclic) bond motifs is 1. The quantitative estimate of drug-likeness (QED) is 0.334. The number of aryl methyl sites for hydroxylation is 1. The van der Waals surface area contributed by atoms with E-state index >= 15 is 0 Å². The molecule has 4 aromatic rings. The van der Waals surface area contributed by atoms with Gasteiger partial charge in [0, 0.05) is 12.2 Å². The molecule has 1 N–H and O–H groups in total. The lowest BCUT2D eigenvalue weighted by atomic mass is 10.1. The zero-order valence-electron chi connectivity index (χ0n) is 19.8. The van der Waals surface area contributed by atoms with Gasteiger partial charge >= 0.3 is 6.03 Å². The zero-order chi connectivity index (χ0) is 25.1. The molecule has 0 bridgehead atoms. The summed E-state index contributed by atoms with van der Waals surface area (Å²) in [4.78, 5) is 33.4. The predicted molar refractivity (Wildman–Crippen MR) is 138 cm³/mol. The lowest BCUT2D eigenvalue weighted by molar-refractivity contribution is 0.185. The molecule has 0 aliphatic carbocycles. The van der Waals surface area contributed by atoms with E-state index in [4.69, 9.17) is 16.6 Å². The molecule has 0 saturated heterocycles. The molecular formula is C27H26ClFN4O2. The summed E-state index contributed by atoms with van der Waals surface area (Å²) in [5.41, 5.74) is 2.28. The van der Waals surface area contributed by atoms with Crippen LogP contribution < -0.4 is 10.9 Å². The molecule has 0 fully saturated rings. The number of para-hydroxylation sites is 1. The van der Waals surface area contributed by atoms with Crippen LogP contribution in [0.5, 0.6) is 0 Å². The van der Waals surface area contributed by atoms with Crippen molar-refractivity contribution in [3.8, 4) is 5.69 Å². The lowest BCUT2D eigenvalue weighted by Crippen LogP contribution is -2.40. The topological polar surface area (TPSA) is 67.2 Å². The van der Waals surface area contributed by atoms with Crippen LogP contribution in [0.25, 0.3) is 16.6 Å². The number of rotatable bonds is 6. The lowest BCUT2D eigenvalue weighted by Gasteiger charge is -2.31. The smallest absolute Gasteiger partial charge is 0.315 e. The van der Waals surface area contributed by atoms with Crippen LogP contribution in [0.15, 0.2) is 71.5 Å². The molecule has 0 aliphatic heterocycles. The van der Waals surface area contributed by atoms with E-state index in [1.807, 2.05) is 45.0 Å². The summed E-state index contributed by atoms with van der Waals surface area (Å²) in [5, 5.41) is 3.26. The van der Waals surface area contributed by atoms with Gasteiger partial charge in [-0.25, -0.2) is 14.2 Å². The first kappa shape index (κ1) is 24.4. The van der Waals surface area contributed by atoms with E-state index in [9.17, 15) is 14.0 Å². The molecule has 1 aromatic heterocycles. The minimum atomic E-state index is -0.585. The van der Waals surface area contributed by atoms with Gasteiger partial charge < -0.3 is 10.2 Å². The van der Waals surface area contributed by atoms with Crippen molar-refractivity contribution in [2.24, 2.45) is 0 Å². The maximum atomic E-state index is 13.9. The highest BCUT2D eigenvalue weighted by atomic mass is 35.5. The second kappa shape index (κ2) is 10.3. The van der Waals surface area contributed by atoms with Crippen molar-refractivity contribution in [1.29, 1.82) is 0 Å². The molecule has 0 aliphatic rings. The Morgan fingerprint density at radius 2 is 1.89 bits per heavy atom. The first-order valence-electron chi connectivity index (χ1n) is 11.5. The summed E-state index contributed by atoms with van der Waals surface area (Å²) in [7, 11) is 0. The molecule has 1 unspecified atom stereocenters. The molecule has 0 saturated carbocycles. The van der Waals surface area contributed by atoms with Crippen molar-refractivity contribution in [3.63, 3.8) is 0 Å². The average molecular weight is 493 g/mol. The Morgan fingerprint density at radius 3 is 2.57 bits per heavy atom. The van der Waals surface area contributed by atoms with E-state index in [1.54, 1.807) is 29.2 Å². The minimum Gasteiger partial charge on any atom is -0.315 e. The third kappa shape index (κ3) is 4.91.